The van der Waals surface area contributed by atoms with Crippen molar-refractivity contribution in [1.29, 1.82) is 0 Å². The highest BCUT2D eigenvalue weighted by molar-refractivity contribution is 6.42. The van der Waals surface area contributed by atoms with Gasteiger partial charge >= 0.3 is 0 Å². The summed E-state index contributed by atoms with van der Waals surface area (Å²) in [5, 5.41) is 5.68. The standard InChI is InChI=1S/C28H27Cl2N3O3/c1-17(27(35)31-20-8-2-3-9-20)32(15-18-12-13-22(29)23(30)14-18)25(34)16-33-24-11-5-7-19-6-4-10-21(26(19)24)28(33)36/h4-7,10-14,17,20H,2-3,8-9,15-16H2,1H3,(H,31,35)/t17-/m0/s1. The first kappa shape index (κ1) is 24.6. The number of hydrogen-bond donors (Lipinski definition) is 1. The molecule has 0 radical (unpaired) electrons. The number of halogens is 2. The fraction of sp³-hybridized carbons (Fsp3) is 0.321. The van der Waals surface area contributed by atoms with E-state index in [1.807, 2.05) is 30.3 Å². The average Bonchev–Trinajstić information content (AvgIpc) is 3.48. The van der Waals surface area contributed by atoms with E-state index in [0.29, 0.717) is 21.3 Å². The quantitative estimate of drug-likeness (QED) is 0.439. The Morgan fingerprint density at radius 1 is 1.06 bits per heavy atom. The van der Waals surface area contributed by atoms with Crippen molar-refractivity contribution < 1.29 is 14.4 Å². The first-order valence-corrected chi connectivity index (χ1v) is 13.0. The van der Waals surface area contributed by atoms with E-state index in [-0.39, 0.29) is 36.9 Å². The molecule has 2 aliphatic rings. The minimum atomic E-state index is -0.733. The van der Waals surface area contributed by atoms with Crippen molar-refractivity contribution in [2.75, 3.05) is 11.4 Å². The number of amides is 3. The Kier molecular flexibility index (Phi) is 6.91. The number of carbonyl (C=O) groups is 3. The van der Waals surface area contributed by atoms with Crippen LogP contribution in [0, 0.1) is 0 Å². The zero-order valence-electron chi connectivity index (χ0n) is 20.0. The normalized spacial score (nSPS) is 16.0. The van der Waals surface area contributed by atoms with E-state index in [1.54, 1.807) is 31.2 Å². The van der Waals surface area contributed by atoms with Crippen LogP contribution in [0.2, 0.25) is 10.0 Å². The lowest BCUT2D eigenvalue weighted by atomic mass is 10.1. The summed E-state index contributed by atoms with van der Waals surface area (Å²) in [6.07, 6.45) is 4.08. The monoisotopic (exact) mass is 523 g/mol. The van der Waals surface area contributed by atoms with Gasteiger partial charge in [0.05, 0.1) is 15.7 Å². The molecule has 1 N–H and O–H groups in total. The third-order valence-corrected chi connectivity index (χ3v) is 7.89. The molecule has 1 fully saturated rings. The number of carbonyl (C=O) groups excluding carboxylic acids is 3. The van der Waals surface area contributed by atoms with E-state index in [0.717, 1.165) is 42.0 Å². The van der Waals surface area contributed by atoms with Gasteiger partial charge in [0, 0.05) is 23.5 Å². The third-order valence-electron chi connectivity index (χ3n) is 7.15. The van der Waals surface area contributed by atoms with Gasteiger partial charge in [0.2, 0.25) is 11.8 Å². The average molecular weight is 524 g/mol. The molecule has 0 spiro atoms. The Balaban J connectivity index is 1.41. The van der Waals surface area contributed by atoms with Crippen LogP contribution in [-0.2, 0) is 16.1 Å². The van der Waals surface area contributed by atoms with Crippen LogP contribution in [-0.4, -0.2) is 41.2 Å². The fourth-order valence-corrected chi connectivity index (χ4v) is 5.49. The highest BCUT2D eigenvalue weighted by atomic mass is 35.5. The van der Waals surface area contributed by atoms with E-state index < -0.39 is 6.04 Å². The van der Waals surface area contributed by atoms with Gasteiger partial charge in [-0.25, -0.2) is 0 Å². The van der Waals surface area contributed by atoms with Crippen molar-refractivity contribution in [2.45, 2.75) is 51.2 Å². The first-order valence-electron chi connectivity index (χ1n) is 12.2. The first-order chi connectivity index (χ1) is 17.3. The molecule has 6 nitrogen and oxygen atoms in total. The van der Waals surface area contributed by atoms with Gasteiger partial charge in [0.25, 0.3) is 5.91 Å². The molecule has 1 saturated carbocycles. The highest BCUT2D eigenvalue weighted by Gasteiger charge is 2.34. The van der Waals surface area contributed by atoms with E-state index in [1.165, 1.54) is 9.80 Å². The Morgan fingerprint density at radius 2 is 1.78 bits per heavy atom. The molecule has 186 valence electrons. The SMILES string of the molecule is C[C@@H](C(=O)NC1CCCC1)N(Cc1ccc(Cl)c(Cl)c1)C(=O)CN1C(=O)c2cccc3cccc1c23. The van der Waals surface area contributed by atoms with Gasteiger partial charge in [0.1, 0.15) is 12.6 Å². The van der Waals surface area contributed by atoms with Gasteiger partial charge in [-0.2, -0.15) is 0 Å². The molecule has 0 bridgehead atoms. The highest BCUT2D eigenvalue weighted by Crippen LogP contribution is 2.37. The molecule has 8 heteroatoms. The van der Waals surface area contributed by atoms with Crippen molar-refractivity contribution in [2.24, 2.45) is 0 Å². The minimum absolute atomic E-state index is 0.133. The second-order valence-corrected chi connectivity index (χ2v) is 10.3. The van der Waals surface area contributed by atoms with Crippen LogP contribution in [0.3, 0.4) is 0 Å². The third kappa shape index (κ3) is 4.67. The second kappa shape index (κ2) is 10.1. The molecule has 1 aliphatic carbocycles. The molecular formula is C28H27Cl2N3O3. The van der Waals surface area contributed by atoms with Crippen molar-refractivity contribution in [3.05, 3.63) is 75.8 Å². The number of rotatable bonds is 7. The number of hydrogen-bond acceptors (Lipinski definition) is 3. The molecule has 1 heterocycles. The predicted molar refractivity (Wildman–Crippen MR) is 142 cm³/mol. The Hall–Kier alpha value is -3.09. The lowest BCUT2D eigenvalue weighted by molar-refractivity contribution is -0.139. The largest absolute Gasteiger partial charge is 0.352 e. The summed E-state index contributed by atoms with van der Waals surface area (Å²) in [5.74, 6) is -0.741. The zero-order valence-corrected chi connectivity index (χ0v) is 21.5. The minimum Gasteiger partial charge on any atom is -0.352 e. The molecule has 0 aromatic heterocycles. The zero-order chi connectivity index (χ0) is 25.4. The Bertz CT molecular complexity index is 1350. The number of anilines is 1. The second-order valence-electron chi connectivity index (χ2n) is 9.51. The number of nitrogens with zero attached hydrogens (tertiary/aromatic N) is 2. The molecule has 0 unspecified atom stereocenters. The van der Waals surface area contributed by atoms with E-state index in [2.05, 4.69) is 5.32 Å². The van der Waals surface area contributed by atoms with Crippen LogP contribution in [0.4, 0.5) is 5.69 Å². The molecule has 0 saturated heterocycles. The summed E-state index contributed by atoms with van der Waals surface area (Å²) in [6.45, 7) is 1.71. The van der Waals surface area contributed by atoms with Crippen molar-refractivity contribution in [3.63, 3.8) is 0 Å². The summed E-state index contributed by atoms with van der Waals surface area (Å²) >= 11 is 12.3. The van der Waals surface area contributed by atoms with Crippen LogP contribution < -0.4 is 10.2 Å². The molecule has 1 atom stereocenters. The van der Waals surface area contributed by atoms with Gasteiger partial charge in [-0.1, -0.05) is 66.4 Å². The molecular weight excluding hydrogens is 497 g/mol. The summed E-state index contributed by atoms with van der Waals surface area (Å²) in [5.41, 5.74) is 2.04. The summed E-state index contributed by atoms with van der Waals surface area (Å²) in [7, 11) is 0. The lowest BCUT2D eigenvalue weighted by Crippen LogP contribution is -2.52. The van der Waals surface area contributed by atoms with Gasteiger partial charge in [-0.15, -0.1) is 0 Å². The topological polar surface area (TPSA) is 69.7 Å². The Morgan fingerprint density at radius 3 is 2.50 bits per heavy atom. The Labute approximate surface area is 220 Å². The predicted octanol–water partition coefficient (Wildman–Crippen LogP) is 5.58. The summed E-state index contributed by atoms with van der Waals surface area (Å²) in [6, 6.07) is 15.8. The van der Waals surface area contributed by atoms with Crippen LogP contribution >= 0.6 is 23.2 Å². The van der Waals surface area contributed by atoms with Crippen LogP contribution in [0.1, 0.15) is 48.5 Å². The fourth-order valence-electron chi connectivity index (χ4n) is 5.17. The molecule has 5 rings (SSSR count). The van der Waals surface area contributed by atoms with Gasteiger partial charge in [0.15, 0.2) is 0 Å². The number of nitrogens with one attached hydrogen (secondary N) is 1. The van der Waals surface area contributed by atoms with Crippen LogP contribution in [0.15, 0.2) is 54.6 Å². The maximum atomic E-state index is 13.7. The van der Waals surface area contributed by atoms with Crippen molar-refractivity contribution >= 4 is 57.4 Å². The van der Waals surface area contributed by atoms with Gasteiger partial charge in [-0.05, 0) is 55.0 Å². The van der Waals surface area contributed by atoms with Crippen LogP contribution in [0.5, 0.6) is 0 Å². The van der Waals surface area contributed by atoms with Gasteiger partial charge < -0.3 is 10.2 Å². The number of benzene rings is 3. The smallest absolute Gasteiger partial charge is 0.259 e. The van der Waals surface area contributed by atoms with Crippen molar-refractivity contribution in [3.8, 4) is 0 Å². The van der Waals surface area contributed by atoms with E-state index in [9.17, 15) is 14.4 Å². The molecule has 1 aliphatic heterocycles. The summed E-state index contributed by atoms with van der Waals surface area (Å²) < 4.78 is 0. The van der Waals surface area contributed by atoms with Gasteiger partial charge in [-0.3, -0.25) is 19.3 Å². The summed E-state index contributed by atoms with van der Waals surface area (Å²) in [4.78, 5) is 43.2. The van der Waals surface area contributed by atoms with E-state index in [4.69, 9.17) is 23.2 Å². The molecule has 3 aromatic rings. The van der Waals surface area contributed by atoms with Crippen LogP contribution in [0.25, 0.3) is 10.8 Å². The van der Waals surface area contributed by atoms with Crippen molar-refractivity contribution in [1.82, 2.24) is 10.2 Å². The van der Waals surface area contributed by atoms with E-state index >= 15 is 0 Å². The molecule has 3 amide bonds. The lowest BCUT2D eigenvalue weighted by Gasteiger charge is -2.31. The maximum Gasteiger partial charge on any atom is 0.259 e. The molecule has 36 heavy (non-hydrogen) atoms. The maximum absolute atomic E-state index is 13.7. The molecule has 3 aromatic carbocycles.